The van der Waals surface area contributed by atoms with Crippen LogP contribution in [0, 0.1) is 6.92 Å². The minimum atomic E-state index is -0.0462. The maximum absolute atomic E-state index is 11.9. The summed E-state index contributed by atoms with van der Waals surface area (Å²) in [4.78, 5) is 27.3. The van der Waals surface area contributed by atoms with Crippen molar-refractivity contribution in [2.75, 3.05) is 0 Å². The van der Waals surface area contributed by atoms with Gasteiger partial charge in [-0.2, -0.15) is 0 Å². The number of aryl methyl sites for hydroxylation is 1. The summed E-state index contributed by atoms with van der Waals surface area (Å²) in [5.41, 5.74) is 0.902. The molecule has 0 unspecified atom stereocenters. The van der Waals surface area contributed by atoms with Gasteiger partial charge in [0, 0.05) is 49.0 Å². The van der Waals surface area contributed by atoms with Gasteiger partial charge in [0.1, 0.15) is 0 Å². The zero-order valence-corrected chi connectivity index (χ0v) is 12.4. The molecule has 1 amide bonds. The lowest BCUT2D eigenvalue weighted by atomic mass is 10.3. The van der Waals surface area contributed by atoms with Crippen LogP contribution in [0.5, 0.6) is 0 Å². The first kappa shape index (κ1) is 14.5. The van der Waals surface area contributed by atoms with E-state index in [-0.39, 0.29) is 16.8 Å². The third-order valence-corrected chi connectivity index (χ3v) is 3.87. The van der Waals surface area contributed by atoms with Crippen molar-refractivity contribution < 1.29 is 4.79 Å². The molecule has 0 aliphatic heterocycles. The average Bonchev–Trinajstić information content (AvgIpc) is 2.98. The maximum Gasteiger partial charge on any atom is 0.307 e. The van der Waals surface area contributed by atoms with Crippen LogP contribution in [-0.4, -0.2) is 26.1 Å². The standard InChI is InChI=1S/C13H18N4O2S/c1-10(7-16-6-4-14-9-16)15-12(18)3-5-17-11(2)8-20-13(17)19/h4,6,8-10H,3,5,7H2,1-2H3,(H,15,18)/t10-/m0/s1. The van der Waals surface area contributed by atoms with Gasteiger partial charge >= 0.3 is 4.87 Å². The number of aromatic nitrogens is 3. The molecule has 2 rings (SSSR count). The molecule has 0 bridgehead atoms. The van der Waals surface area contributed by atoms with Crippen LogP contribution in [0.2, 0.25) is 0 Å². The second-order valence-electron chi connectivity index (χ2n) is 4.77. The Morgan fingerprint density at radius 2 is 2.35 bits per heavy atom. The van der Waals surface area contributed by atoms with E-state index in [0.717, 1.165) is 17.0 Å². The van der Waals surface area contributed by atoms with E-state index >= 15 is 0 Å². The largest absolute Gasteiger partial charge is 0.352 e. The molecule has 0 fully saturated rings. The van der Waals surface area contributed by atoms with Gasteiger partial charge in [0.25, 0.3) is 0 Å². The van der Waals surface area contributed by atoms with Crippen LogP contribution in [0.4, 0.5) is 0 Å². The van der Waals surface area contributed by atoms with Gasteiger partial charge in [-0.15, -0.1) is 0 Å². The second-order valence-corrected chi connectivity index (χ2v) is 5.59. The van der Waals surface area contributed by atoms with Gasteiger partial charge in [0.05, 0.1) is 6.33 Å². The van der Waals surface area contributed by atoms with Gasteiger partial charge < -0.3 is 14.5 Å². The number of nitrogens with zero attached hydrogens (tertiary/aromatic N) is 3. The second kappa shape index (κ2) is 6.51. The van der Waals surface area contributed by atoms with Crippen LogP contribution in [-0.2, 0) is 17.9 Å². The highest BCUT2D eigenvalue weighted by Gasteiger charge is 2.09. The van der Waals surface area contributed by atoms with Gasteiger partial charge in [-0.3, -0.25) is 9.59 Å². The molecule has 2 heterocycles. The number of hydrogen-bond donors (Lipinski definition) is 1. The Hall–Kier alpha value is -1.89. The summed E-state index contributed by atoms with van der Waals surface area (Å²) in [7, 11) is 0. The zero-order chi connectivity index (χ0) is 14.5. The van der Waals surface area contributed by atoms with Crippen LogP contribution in [0.1, 0.15) is 19.0 Å². The summed E-state index contributed by atoms with van der Waals surface area (Å²) >= 11 is 1.16. The molecule has 7 heteroatoms. The molecule has 0 aromatic carbocycles. The van der Waals surface area contributed by atoms with E-state index in [9.17, 15) is 9.59 Å². The molecule has 0 aliphatic carbocycles. The predicted octanol–water partition coefficient (Wildman–Crippen LogP) is 1.01. The lowest BCUT2D eigenvalue weighted by molar-refractivity contribution is -0.122. The Kier molecular flexibility index (Phi) is 4.73. The molecule has 0 saturated carbocycles. The van der Waals surface area contributed by atoms with E-state index in [4.69, 9.17) is 0 Å². The van der Waals surface area contributed by atoms with Crippen molar-refractivity contribution in [3.05, 3.63) is 39.5 Å². The fraction of sp³-hybridized carbons (Fsp3) is 0.462. The Balaban J connectivity index is 1.79. The molecule has 0 spiro atoms. The summed E-state index contributed by atoms with van der Waals surface area (Å²) in [6.45, 7) is 4.93. The Morgan fingerprint density at radius 1 is 1.55 bits per heavy atom. The highest BCUT2D eigenvalue weighted by Crippen LogP contribution is 2.01. The minimum absolute atomic E-state index is 0.0123. The van der Waals surface area contributed by atoms with Gasteiger partial charge in [-0.25, -0.2) is 4.98 Å². The summed E-state index contributed by atoms with van der Waals surface area (Å²) in [6.07, 6.45) is 5.60. The molecule has 0 radical (unpaired) electrons. The van der Waals surface area contributed by atoms with Crippen molar-refractivity contribution in [1.29, 1.82) is 0 Å². The van der Waals surface area contributed by atoms with E-state index in [1.54, 1.807) is 17.1 Å². The maximum atomic E-state index is 11.9. The lowest BCUT2D eigenvalue weighted by Gasteiger charge is -2.14. The molecule has 0 aliphatic rings. The summed E-state index contributed by atoms with van der Waals surface area (Å²) < 4.78 is 3.54. The molecular formula is C13H18N4O2S. The summed E-state index contributed by atoms with van der Waals surface area (Å²) in [5, 5.41) is 4.73. The van der Waals surface area contributed by atoms with Crippen LogP contribution in [0.25, 0.3) is 0 Å². The number of rotatable bonds is 6. The van der Waals surface area contributed by atoms with Crippen molar-refractivity contribution in [3.8, 4) is 0 Å². The third-order valence-electron chi connectivity index (χ3n) is 2.99. The number of amides is 1. The van der Waals surface area contributed by atoms with Gasteiger partial charge in [-0.1, -0.05) is 11.3 Å². The van der Waals surface area contributed by atoms with Crippen molar-refractivity contribution in [3.63, 3.8) is 0 Å². The number of carbonyl (C=O) groups excluding carboxylic acids is 1. The van der Waals surface area contributed by atoms with Crippen molar-refractivity contribution in [2.24, 2.45) is 0 Å². The molecule has 1 N–H and O–H groups in total. The zero-order valence-electron chi connectivity index (χ0n) is 11.6. The lowest BCUT2D eigenvalue weighted by Crippen LogP contribution is -2.36. The third kappa shape index (κ3) is 3.80. The molecule has 108 valence electrons. The fourth-order valence-corrected chi connectivity index (χ4v) is 2.75. The summed E-state index contributed by atoms with van der Waals surface area (Å²) in [6, 6.07) is 0.0250. The Labute approximate surface area is 121 Å². The Bertz CT molecular complexity index is 615. The molecule has 2 aromatic rings. The number of thiazole rings is 1. The van der Waals surface area contributed by atoms with Gasteiger partial charge in [0.15, 0.2) is 0 Å². The monoisotopic (exact) mass is 294 g/mol. The van der Waals surface area contributed by atoms with Gasteiger partial charge in [-0.05, 0) is 13.8 Å². The molecule has 0 saturated heterocycles. The topological polar surface area (TPSA) is 68.9 Å². The van der Waals surface area contributed by atoms with E-state index in [1.807, 2.05) is 30.0 Å². The normalized spacial score (nSPS) is 12.3. The summed E-state index contributed by atoms with van der Waals surface area (Å²) in [5.74, 6) is -0.0462. The quantitative estimate of drug-likeness (QED) is 0.864. The van der Waals surface area contributed by atoms with Crippen molar-refractivity contribution in [2.45, 2.75) is 39.4 Å². The fourth-order valence-electron chi connectivity index (χ4n) is 1.99. The molecule has 1 atom stereocenters. The number of carbonyl (C=O) groups is 1. The van der Waals surface area contributed by atoms with Crippen LogP contribution >= 0.6 is 11.3 Å². The first-order valence-corrected chi connectivity index (χ1v) is 7.34. The SMILES string of the molecule is Cc1csc(=O)n1CCC(=O)N[C@@H](C)Cn1ccnc1. The predicted molar refractivity (Wildman–Crippen MR) is 77.8 cm³/mol. The molecule has 20 heavy (non-hydrogen) atoms. The Morgan fingerprint density at radius 3 is 2.95 bits per heavy atom. The van der Waals surface area contributed by atoms with E-state index in [2.05, 4.69) is 10.3 Å². The number of imidazole rings is 1. The molecule has 2 aromatic heterocycles. The minimum Gasteiger partial charge on any atom is -0.352 e. The smallest absolute Gasteiger partial charge is 0.307 e. The van der Waals surface area contributed by atoms with E-state index < -0.39 is 0 Å². The van der Waals surface area contributed by atoms with E-state index in [1.165, 1.54) is 0 Å². The first-order valence-electron chi connectivity index (χ1n) is 6.46. The van der Waals surface area contributed by atoms with Crippen LogP contribution in [0.3, 0.4) is 0 Å². The van der Waals surface area contributed by atoms with Crippen molar-refractivity contribution >= 4 is 17.2 Å². The highest BCUT2D eigenvalue weighted by molar-refractivity contribution is 7.07. The number of hydrogen-bond acceptors (Lipinski definition) is 4. The first-order chi connectivity index (χ1) is 9.56. The van der Waals surface area contributed by atoms with Crippen LogP contribution in [0.15, 0.2) is 28.9 Å². The average molecular weight is 294 g/mol. The number of nitrogens with one attached hydrogen (secondary N) is 1. The van der Waals surface area contributed by atoms with Gasteiger partial charge in [0.2, 0.25) is 5.91 Å². The van der Waals surface area contributed by atoms with E-state index in [0.29, 0.717) is 19.5 Å². The molecule has 6 nitrogen and oxygen atoms in total. The molecular weight excluding hydrogens is 276 g/mol. The highest BCUT2D eigenvalue weighted by atomic mass is 32.1. The van der Waals surface area contributed by atoms with Crippen LogP contribution < -0.4 is 10.2 Å². The van der Waals surface area contributed by atoms with Crippen molar-refractivity contribution in [1.82, 2.24) is 19.4 Å².